The molecule has 1 atom stereocenters. The second-order valence-electron chi connectivity index (χ2n) is 6.00. The van der Waals surface area contributed by atoms with Gasteiger partial charge in [-0.15, -0.1) is 0 Å². The number of benzene rings is 2. The van der Waals surface area contributed by atoms with Gasteiger partial charge >= 0.3 is 0 Å². The molecular weight excluding hydrogens is 314 g/mol. The zero-order valence-corrected chi connectivity index (χ0v) is 14.0. The van der Waals surface area contributed by atoms with Crippen LogP contribution in [0.25, 0.3) is 11.3 Å². The molecule has 0 aliphatic carbocycles. The van der Waals surface area contributed by atoms with Crippen molar-refractivity contribution in [2.75, 3.05) is 11.9 Å². The fourth-order valence-corrected chi connectivity index (χ4v) is 3.40. The van der Waals surface area contributed by atoms with Crippen molar-refractivity contribution in [3.8, 4) is 17.0 Å². The molecule has 0 spiro atoms. The number of carbonyl (C=O) groups excluding carboxylic acids is 1. The molecule has 2 N–H and O–H groups in total. The van der Waals surface area contributed by atoms with Gasteiger partial charge in [0.15, 0.2) is 5.82 Å². The van der Waals surface area contributed by atoms with Gasteiger partial charge in [0.2, 0.25) is 5.91 Å². The van der Waals surface area contributed by atoms with Crippen molar-refractivity contribution in [3.63, 3.8) is 0 Å². The van der Waals surface area contributed by atoms with E-state index in [1.807, 2.05) is 61.5 Å². The predicted molar refractivity (Wildman–Crippen MR) is 96.7 cm³/mol. The largest absolute Gasteiger partial charge is 0.494 e. The first-order valence-corrected chi connectivity index (χ1v) is 8.43. The summed E-state index contributed by atoms with van der Waals surface area (Å²) in [6.07, 6.45) is 0.371. The molecule has 25 heavy (non-hydrogen) atoms. The van der Waals surface area contributed by atoms with E-state index in [1.54, 1.807) is 0 Å². The van der Waals surface area contributed by atoms with E-state index in [4.69, 9.17) is 4.74 Å². The van der Waals surface area contributed by atoms with Crippen molar-refractivity contribution in [3.05, 3.63) is 65.7 Å². The number of anilines is 1. The number of fused-ring (bicyclic) bond motifs is 1. The molecule has 2 heterocycles. The van der Waals surface area contributed by atoms with Crippen LogP contribution in [0.1, 0.15) is 30.4 Å². The van der Waals surface area contributed by atoms with E-state index in [0.717, 1.165) is 28.1 Å². The highest BCUT2D eigenvalue weighted by molar-refractivity contribution is 5.96. The number of ether oxygens (including phenoxy) is 1. The highest BCUT2D eigenvalue weighted by Gasteiger charge is 2.33. The van der Waals surface area contributed by atoms with Crippen LogP contribution < -0.4 is 10.1 Å². The summed E-state index contributed by atoms with van der Waals surface area (Å²) in [5.74, 6) is 1.29. The maximum Gasteiger partial charge on any atom is 0.226 e. The van der Waals surface area contributed by atoms with Crippen molar-refractivity contribution < 1.29 is 9.53 Å². The number of nitrogens with one attached hydrogen (secondary N) is 2. The number of para-hydroxylation sites is 1. The summed E-state index contributed by atoms with van der Waals surface area (Å²) in [5.41, 5.74) is 4.01. The highest BCUT2D eigenvalue weighted by atomic mass is 16.5. The molecule has 4 rings (SSSR count). The Hall–Kier alpha value is -3.08. The van der Waals surface area contributed by atoms with Crippen molar-refractivity contribution in [2.24, 2.45) is 0 Å². The second kappa shape index (κ2) is 6.43. The number of hydrogen-bond acceptors (Lipinski definition) is 3. The number of aromatic amines is 1. The lowest BCUT2D eigenvalue weighted by Crippen LogP contribution is -2.23. The van der Waals surface area contributed by atoms with Gasteiger partial charge in [0.05, 0.1) is 12.3 Å². The number of nitrogens with zero attached hydrogens (tertiary/aromatic N) is 1. The lowest BCUT2D eigenvalue weighted by Gasteiger charge is -2.25. The van der Waals surface area contributed by atoms with E-state index < -0.39 is 0 Å². The average Bonchev–Trinajstić information content (AvgIpc) is 3.06. The minimum atomic E-state index is -0.0968. The van der Waals surface area contributed by atoms with Crippen LogP contribution in [0.2, 0.25) is 0 Å². The third-order valence-corrected chi connectivity index (χ3v) is 4.46. The maximum atomic E-state index is 12.2. The number of hydrogen-bond donors (Lipinski definition) is 2. The van der Waals surface area contributed by atoms with Crippen LogP contribution >= 0.6 is 0 Å². The molecule has 1 aromatic heterocycles. The van der Waals surface area contributed by atoms with Gasteiger partial charge in [-0.05, 0) is 18.6 Å². The van der Waals surface area contributed by atoms with Gasteiger partial charge in [-0.25, -0.2) is 0 Å². The first-order chi connectivity index (χ1) is 12.3. The van der Waals surface area contributed by atoms with Crippen LogP contribution in [0, 0.1) is 0 Å². The van der Waals surface area contributed by atoms with Crippen LogP contribution in [0.3, 0.4) is 0 Å². The first-order valence-electron chi connectivity index (χ1n) is 8.43. The molecule has 1 aliphatic rings. The maximum absolute atomic E-state index is 12.2. The van der Waals surface area contributed by atoms with Crippen LogP contribution in [0.4, 0.5) is 5.82 Å². The Morgan fingerprint density at radius 2 is 1.88 bits per heavy atom. The zero-order chi connectivity index (χ0) is 17.2. The fourth-order valence-electron chi connectivity index (χ4n) is 3.40. The normalized spacial score (nSPS) is 16.2. The highest BCUT2D eigenvalue weighted by Crippen LogP contribution is 2.44. The van der Waals surface area contributed by atoms with Gasteiger partial charge in [-0.2, -0.15) is 5.10 Å². The second-order valence-corrected chi connectivity index (χ2v) is 6.00. The molecule has 1 aliphatic heterocycles. The molecule has 0 bridgehead atoms. The Balaban J connectivity index is 1.87. The van der Waals surface area contributed by atoms with E-state index in [-0.39, 0.29) is 11.8 Å². The molecule has 5 nitrogen and oxygen atoms in total. The smallest absolute Gasteiger partial charge is 0.226 e. The Labute approximate surface area is 146 Å². The summed E-state index contributed by atoms with van der Waals surface area (Å²) < 4.78 is 5.80. The average molecular weight is 333 g/mol. The minimum Gasteiger partial charge on any atom is -0.494 e. The van der Waals surface area contributed by atoms with Crippen LogP contribution in [-0.2, 0) is 4.79 Å². The third-order valence-electron chi connectivity index (χ3n) is 4.46. The number of amides is 1. The van der Waals surface area contributed by atoms with Crippen LogP contribution in [0.5, 0.6) is 5.75 Å². The van der Waals surface area contributed by atoms with E-state index in [9.17, 15) is 4.79 Å². The quantitative estimate of drug-likeness (QED) is 0.760. The van der Waals surface area contributed by atoms with Gasteiger partial charge in [0.25, 0.3) is 0 Å². The molecule has 0 fully saturated rings. The predicted octanol–water partition coefficient (Wildman–Crippen LogP) is 3.95. The molecule has 3 aromatic rings. The summed E-state index contributed by atoms with van der Waals surface area (Å²) in [6, 6.07) is 18.0. The Morgan fingerprint density at radius 3 is 2.68 bits per heavy atom. The topological polar surface area (TPSA) is 67.0 Å². The minimum absolute atomic E-state index is 0.0325. The summed E-state index contributed by atoms with van der Waals surface area (Å²) in [5, 5.41) is 10.3. The molecule has 0 radical (unpaired) electrons. The fraction of sp³-hybridized carbons (Fsp3) is 0.200. The summed E-state index contributed by atoms with van der Waals surface area (Å²) in [4.78, 5) is 12.2. The number of H-pyrrole nitrogens is 1. The monoisotopic (exact) mass is 333 g/mol. The lowest BCUT2D eigenvalue weighted by molar-refractivity contribution is -0.116. The molecule has 5 heteroatoms. The van der Waals surface area contributed by atoms with Crippen LogP contribution in [-0.4, -0.2) is 22.7 Å². The van der Waals surface area contributed by atoms with Crippen molar-refractivity contribution in [1.29, 1.82) is 0 Å². The summed E-state index contributed by atoms with van der Waals surface area (Å²) in [7, 11) is 0. The number of carbonyl (C=O) groups is 1. The van der Waals surface area contributed by atoms with E-state index in [1.165, 1.54) is 0 Å². The van der Waals surface area contributed by atoms with E-state index >= 15 is 0 Å². The molecule has 126 valence electrons. The summed E-state index contributed by atoms with van der Waals surface area (Å²) in [6.45, 7) is 2.54. The number of rotatable bonds is 4. The van der Waals surface area contributed by atoms with Gasteiger partial charge in [-0.3, -0.25) is 9.89 Å². The SMILES string of the molecule is CCOc1ccccc1[C@@H]1CC(=O)Nc2n[nH]c(-c3ccccc3)c21. The van der Waals surface area contributed by atoms with Crippen molar-refractivity contribution in [1.82, 2.24) is 10.2 Å². The Morgan fingerprint density at radius 1 is 1.12 bits per heavy atom. The van der Waals surface area contributed by atoms with Crippen molar-refractivity contribution >= 4 is 11.7 Å². The summed E-state index contributed by atoms with van der Waals surface area (Å²) >= 11 is 0. The number of aromatic nitrogens is 2. The van der Waals surface area contributed by atoms with Gasteiger partial charge in [0.1, 0.15) is 5.75 Å². The molecule has 0 saturated heterocycles. The molecule has 2 aromatic carbocycles. The van der Waals surface area contributed by atoms with Gasteiger partial charge in [0, 0.05) is 23.5 Å². The zero-order valence-electron chi connectivity index (χ0n) is 14.0. The van der Waals surface area contributed by atoms with Crippen molar-refractivity contribution in [2.45, 2.75) is 19.3 Å². The standard InChI is InChI=1S/C20H19N3O2/c1-2-25-16-11-7-6-10-14(16)15-12-17(24)21-20-18(15)19(22-23-20)13-8-4-3-5-9-13/h3-11,15H,2,12H2,1H3,(H2,21,22,23,24)/t15-/m0/s1. The molecule has 1 amide bonds. The van der Waals surface area contributed by atoms with Gasteiger partial charge < -0.3 is 10.1 Å². The molecule has 0 unspecified atom stereocenters. The Kier molecular flexibility index (Phi) is 3.98. The Bertz CT molecular complexity index is 902. The van der Waals surface area contributed by atoms with Crippen LogP contribution in [0.15, 0.2) is 54.6 Å². The third kappa shape index (κ3) is 2.78. The lowest BCUT2D eigenvalue weighted by atomic mass is 9.84. The molecular formula is C20H19N3O2. The van der Waals surface area contributed by atoms with Gasteiger partial charge in [-0.1, -0.05) is 48.5 Å². The van der Waals surface area contributed by atoms with E-state index in [2.05, 4.69) is 15.5 Å². The first kappa shape index (κ1) is 15.4. The van der Waals surface area contributed by atoms with E-state index in [0.29, 0.717) is 18.8 Å². The molecule has 0 saturated carbocycles.